The molecule has 92 valence electrons. The van der Waals surface area contributed by atoms with Gasteiger partial charge in [-0.2, -0.15) is 0 Å². The topological polar surface area (TPSA) is 12.0 Å². The first kappa shape index (κ1) is 11.9. The quantitative estimate of drug-likeness (QED) is 0.773. The van der Waals surface area contributed by atoms with E-state index in [1.165, 1.54) is 22.4 Å². The van der Waals surface area contributed by atoms with E-state index in [1.807, 2.05) is 18.2 Å². The highest BCUT2D eigenvalue weighted by atomic mass is 35.5. The maximum absolute atomic E-state index is 6.07. The fourth-order valence-corrected chi connectivity index (χ4v) is 2.70. The predicted octanol–water partition coefficient (Wildman–Crippen LogP) is 5.01. The lowest BCUT2D eigenvalue weighted by Crippen LogP contribution is -2.05. The zero-order chi connectivity index (χ0) is 12.7. The Labute approximate surface area is 117 Å². The highest BCUT2D eigenvalue weighted by Gasteiger charge is 2.22. The third kappa shape index (κ3) is 2.09. The Morgan fingerprint density at radius 2 is 1.89 bits per heavy atom. The van der Waals surface area contributed by atoms with Gasteiger partial charge >= 0.3 is 0 Å². The van der Waals surface area contributed by atoms with Crippen LogP contribution < -0.4 is 5.32 Å². The first-order valence-electron chi connectivity index (χ1n) is 5.94. The number of anilines is 1. The van der Waals surface area contributed by atoms with Gasteiger partial charge in [0.15, 0.2) is 0 Å². The van der Waals surface area contributed by atoms with Crippen molar-refractivity contribution in [3.05, 3.63) is 63.1 Å². The predicted molar refractivity (Wildman–Crippen MR) is 77.7 cm³/mol. The third-order valence-electron chi connectivity index (χ3n) is 3.37. The lowest BCUT2D eigenvalue weighted by Gasteiger charge is -2.12. The Hall–Kier alpha value is -1.18. The summed E-state index contributed by atoms with van der Waals surface area (Å²) in [4.78, 5) is 0. The SMILES string of the molecule is Cc1ccc2c(c1)NC(c1ccc(Cl)c(Cl)c1)C2. The Bertz CT molecular complexity index is 607. The van der Waals surface area contributed by atoms with Crippen LogP contribution in [0.2, 0.25) is 10.0 Å². The van der Waals surface area contributed by atoms with Crippen molar-refractivity contribution in [2.75, 3.05) is 5.32 Å². The van der Waals surface area contributed by atoms with Crippen LogP contribution in [-0.4, -0.2) is 0 Å². The van der Waals surface area contributed by atoms with Crippen LogP contribution in [0.4, 0.5) is 5.69 Å². The molecular formula is C15H13Cl2N. The van der Waals surface area contributed by atoms with E-state index in [0.717, 1.165) is 6.42 Å². The van der Waals surface area contributed by atoms with Gasteiger partial charge in [0.1, 0.15) is 0 Å². The van der Waals surface area contributed by atoms with Gasteiger partial charge in [0, 0.05) is 5.69 Å². The highest BCUT2D eigenvalue weighted by molar-refractivity contribution is 6.42. The summed E-state index contributed by atoms with van der Waals surface area (Å²) < 4.78 is 0. The highest BCUT2D eigenvalue weighted by Crippen LogP contribution is 2.36. The minimum Gasteiger partial charge on any atom is -0.378 e. The molecule has 18 heavy (non-hydrogen) atoms. The number of rotatable bonds is 1. The van der Waals surface area contributed by atoms with Crippen LogP contribution in [0.25, 0.3) is 0 Å². The zero-order valence-electron chi connectivity index (χ0n) is 10.0. The Morgan fingerprint density at radius 1 is 1.06 bits per heavy atom. The summed E-state index contributed by atoms with van der Waals surface area (Å²) in [6.45, 7) is 2.11. The van der Waals surface area contributed by atoms with Gasteiger partial charge in [-0.05, 0) is 48.2 Å². The molecule has 2 aromatic carbocycles. The van der Waals surface area contributed by atoms with Crippen LogP contribution in [0.3, 0.4) is 0 Å². The molecule has 0 spiro atoms. The number of hydrogen-bond donors (Lipinski definition) is 1. The van der Waals surface area contributed by atoms with Crippen molar-refractivity contribution in [3.8, 4) is 0 Å². The van der Waals surface area contributed by atoms with E-state index in [2.05, 4.69) is 30.4 Å². The summed E-state index contributed by atoms with van der Waals surface area (Å²) in [6.07, 6.45) is 0.994. The second-order valence-corrected chi connectivity index (χ2v) is 5.55. The maximum atomic E-state index is 6.07. The second kappa shape index (κ2) is 4.49. The van der Waals surface area contributed by atoms with Crippen molar-refractivity contribution in [1.29, 1.82) is 0 Å². The molecule has 1 aliphatic rings. The molecule has 1 unspecified atom stereocenters. The van der Waals surface area contributed by atoms with Crippen LogP contribution >= 0.6 is 23.2 Å². The van der Waals surface area contributed by atoms with Crippen molar-refractivity contribution in [3.63, 3.8) is 0 Å². The first-order chi connectivity index (χ1) is 8.63. The van der Waals surface area contributed by atoms with Crippen molar-refractivity contribution in [2.24, 2.45) is 0 Å². The van der Waals surface area contributed by atoms with Gasteiger partial charge in [-0.3, -0.25) is 0 Å². The van der Waals surface area contributed by atoms with Crippen LogP contribution in [0, 0.1) is 6.92 Å². The first-order valence-corrected chi connectivity index (χ1v) is 6.70. The van der Waals surface area contributed by atoms with E-state index in [1.54, 1.807) is 0 Å². The molecule has 0 radical (unpaired) electrons. The molecule has 0 bridgehead atoms. The van der Waals surface area contributed by atoms with E-state index >= 15 is 0 Å². The molecule has 3 heteroatoms. The van der Waals surface area contributed by atoms with E-state index in [-0.39, 0.29) is 6.04 Å². The Balaban J connectivity index is 1.91. The molecule has 1 aliphatic heterocycles. The van der Waals surface area contributed by atoms with Gasteiger partial charge in [0.25, 0.3) is 0 Å². The number of fused-ring (bicyclic) bond motifs is 1. The van der Waals surface area contributed by atoms with Gasteiger partial charge in [-0.15, -0.1) is 0 Å². The van der Waals surface area contributed by atoms with Crippen LogP contribution in [0.5, 0.6) is 0 Å². The van der Waals surface area contributed by atoms with Crippen LogP contribution in [0.1, 0.15) is 22.7 Å². The van der Waals surface area contributed by atoms with E-state index in [4.69, 9.17) is 23.2 Å². The molecular weight excluding hydrogens is 265 g/mol. The summed E-state index contributed by atoms with van der Waals surface area (Å²) in [6, 6.07) is 12.6. The average molecular weight is 278 g/mol. The third-order valence-corrected chi connectivity index (χ3v) is 4.10. The van der Waals surface area contributed by atoms with Crippen molar-refractivity contribution < 1.29 is 0 Å². The number of hydrogen-bond acceptors (Lipinski definition) is 1. The fourth-order valence-electron chi connectivity index (χ4n) is 2.39. The molecule has 0 aromatic heterocycles. The summed E-state index contributed by atoms with van der Waals surface area (Å²) in [5.41, 5.74) is 5.04. The normalized spacial score (nSPS) is 17.4. The lowest BCUT2D eigenvalue weighted by molar-refractivity contribution is 0.824. The summed E-state index contributed by atoms with van der Waals surface area (Å²) in [7, 11) is 0. The fraction of sp³-hybridized carbons (Fsp3) is 0.200. The van der Waals surface area contributed by atoms with Crippen molar-refractivity contribution >= 4 is 28.9 Å². The molecule has 1 nitrogen and oxygen atoms in total. The van der Waals surface area contributed by atoms with E-state index in [0.29, 0.717) is 10.0 Å². The Kier molecular flexibility index (Phi) is 2.96. The number of nitrogens with one attached hydrogen (secondary N) is 1. The monoisotopic (exact) mass is 277 g/mol. The molecule has 0 amide bonds. The maximum Gasteiger partial charge on any atom is 0.0595 e. The lowest BCUT2D eigenvalue weighted by atomic mass is 10.0. The van der Waals surface area contributed by atoms with Crippen LogP contribution in [-0.2, 0) is 6.42 Å². The molecule has 0 aliphatic carbocycles. The Morgan fingerprint density at radius 3 is 2.67 bits per heavy atom. The summed E-state index contributed by atoms with van der Waals surface area (Å²) in [5, 5.41) is 4.75. The summed E-state index contributed by atoms with van der Waals surface area (Å²) >= 11 is 12.0. The van der Waals surface area contributed by atoms with Crippen LogP contribution in [0.15, 0.2) is 36.4 Å². The molecule has 1 atom stereocenters. The summed E-state index contributed by atoms with van der Waals surface area (Å²) in [5.74, 6) is 0. The molecule has 0 fully saturated rings. The van der Waals surface area contributed by atoms with Gasteiger partial charge in [-0.1, -0.05) is 41.4 Å². The van der Waals surface area contributed by atoms with Gasteiger partial charge in [0.2, 0.25) is 0 Å². The van der Waals surface area contributed by atoms with Crippen molar-refractivity contribution in [1.82, 2.24) is 0 Å². The molecule has 1 heterocycles. The smallest absolute Gasteiger partial charge is 0.0595 e. The molecule has 0 saturated heterocycles. The average Bonchev–Trinajstić information content (AvgIpc) is 2.75. The minimum atomic E-state index is 0.288. The van der Waals surface area contributed by atoms with Crippen molar-refractivity contribution in [2.45, 2.75) is 19.4 Å². The van der Waals surface area contributed by atoms with Gasteiger partial charge in [0.05, 0.1) is 16.1 Å². The number of benzene rings is 2. The second-order valence-electron chi connectivity index (χ2n) is 4.74. The van der Waals surface area contributed by atoms with Gasteiger partial charge in [-0.25, -0.2) is 0 Å². The standard InChI is InChI=1S/C15H13Cl2N/c1-9-2-3-11-8-15(18-14(11)6-9)10-4-5-12(16)13(17)7-10/h2-7,15,18H,8H2,1H3. The van der Waals surface area contributed by atoms with E-state index < -0.39 is 0 Å². The molecule has 3 rings (SSSR count). The molecule has 1 N–H and O–H groups in total. The zero-order valence-corrected chi connectivity index (χ0v) is 11.5. The minimum absolute atomic E-state index is 0.288. The molecule has 2 aromatic rings. The molecule has 0 saturated carbocycles. The van der Waals surface area contributed by atoms with Gasteiger partial charge < -0.3 is 5.32 Å². The largest absolute Gasteiger partial charge is 0.378 e. The number of halogens is 2. The van der Waals surface area contributed by atoms with E-state index in [9.17, 15) is 0 Å². The number of aryl methyl sites for hydroxylation is 1.